The molecule has 90 valence electrons. The molecule has 0 fully saturated rings. The molecule has 0 spiro atoms. The van der Waals surface area contributed by atoms with E-state index in [4.69, 9.17) is 10.5 Å². The van der Waals surface area contributed by atoms with Crippen molar-refractivity contribution in [3.8, 4) is 0 Å². The van der Waals surface area contributed by atoms with Gasteiger partial charge < -0.3 is 15.0 Å². The number of hydrogen-bond acceptors (Lipinski definition) is 3. The van der Waals surface area contributed by atoms with E-state index in [0.717, 1.165) is 0 Å². The summed E-state index contributed by atoms with van der Waals surface area (Å²) in [6, 6.07) is 4.85. The molecular weight excluding hydrogens is 223 g/mol. The summed E-state index contributed by atoms with van der Waals surface area (Å²) in [6.45, 7) is 1.89. The van der Waals surface area contributed by atoms with Crippen LogP contribution in [-0.2, 0) is 11.8 Å². The molecule has 5 heteroatoms. The maximum absolute atomic E-state index is 14.1. The molecule has 0 aliphatic heterocycles. The molecule has 0 bridgehead atoms. The molecule has 0 aliphatic carbocycles. The molecule has 0 saturated heterocycles. The van der Waals surface area contributed by atoms with Crippen molar-refractivity contribution in [2.45, 2.75) is 6.92 Å². The molecule has 1 aromatic carbocycles. The van der Waals surface area contributed by atoms with Gasteiger partial charge in [0.25, 0.3) is 0 Å². The Labute approximate surface area is 97.8 Å². The molecule has 0 aliphatic rings. The molecule has 0 atom stereocenters. The number of aryl methyl sites for hydroxylation is 1. The second-order valence-corrected chi connectivity index (χ2v) is 3.72. The maximum Gasteiger partial charge on any atom is 0.358 e. The number of nitrogen functional groups attached to an aromatic ring is 1. The molecule has 17 heavy (non-hydrogen) atoms. The van der Waals surface area contributed by atoms with Crippen molar-refractivity contribution in [2.24, 2.45) is 7.05 Å². The lowest BCUT2D eigenvalue weighted by atomic mass is 10.2. The third-order valence-electron chi connectivity index (χ3n) is 2.63. The van der Waals surface area contributed by atoms with Crippen molar-refractivity contribution in [1.82, 2.24) is 4.57 Å². The Morgan fingerprint density at radius 1 is 1.53 bits per heavy atom. The molecule has 0 unspecified atom stereocenters. The van der Waals surface area contributed by atoms with Crippen molar-refractivity contribution in [3.63, 3.8) is 0 Å². The van der Waals surface area contributed by atoms with Gasteiger partial charge in [0.1, 0.15) is 0 Å². The summed E-state index contributed by atoms with van der Waals surface area (Å²) in [7, 11) is 1.62. The standard InChI is InChI=1S/C12H13FN2O2/c1-3-17-12(16)11-10(13)8-6-7(14)4-5-9(8)15(11)2/h4-6H,3,14H2,1-2H3. The zero-order valence-corrected chi connectivity index (χ0v) is 9.66. The Bertz CT molecular complexity index is 590. The van der Waals surface area contributed by atoms with Crippen molar-refractivity contribution in [1.29, 1.82) is 0 Å². The van der Waals surface area contributed by atoms with Gasteiger partial charge in [-0.2, -0.15) is 0 Å². The van der Waals surface area contributed by atoms with Gasteiger partial charge in [0.15, 0.2) is 11.5 Å². The zero-order valence-electron chi connectivity index (χ0n) is 9.66. The Kier molecular flexibility index (Phi) is 2.75. The van der Waals surface area contributed by atoms with Crippen LogP contribution < -0.4 is 5.73 Å². The molecule has 2 rings (SSSR count). The summed E-state index contributed by atoms with van der Waals surface area (Å²) < 4.78 is 20.4. The van der Waals surface area contributed by atoms with Gasteiger partial charge in [-0.15, -0.1) is 0 Å². The highest BCUT2D eigenvalue weighted by molar-refractivity contribution is 5.97. The van der Waals surface area contributed by atoms with Gasteiger partial charge in [0, 0.05) is 18.1 Å². The number of fused-ring (bicyclic) bond motifs is 1. The monoisotopic (exact) mass is 236 g/mol. The van der Waals surface area contributed by atoms with E-state index in [-0.39, 0.29) is 12.3 Å². The smallest absolute Gasteiger partial charge is 0.358 e. The minimum Gasteiger partial charge on any atom is -0.461 e. The van der Waals surface area contributed by atoms with E-state index in [1.165, 1.54) is 10.6 Å². The number of carbonyl (C=O) groups excluding carboxylic acids is 1. The normalized spacial score (nSPS) is 10.8. The Hall–Kier alpha value is -2.04. The van der Waals surface area contributed by atoms with Crippen LogP contribution in [0.1, 0.15) is 17.4 Å². The molecule has 2 aromatic rings. The van der Waals surface area contributed by atoms with Gasteiger partial charge in [-0.1, -0.05) is 0 Å². The predicted molar refractivity (Wildman–Crippen MR) is 63.2 cm³/mol. The van der Waals surface area contributed by atoms with Crippen LogP contribution in [0.5, 0.6) is 0 Å². The Morgan fingerprint density at radius 2 is 2.24 bits per heavy atom. The summed E-state index contributed by atoms with van der Waals surface area (Å²) in [4.78, 5) is 11.6. The van der Waals surface area contributed by atoms with Gasteiger partial charge in [0.2, 0.25) is 0 Å². The molecular formula is C12H13FN2O2. The summed E-state index contributed by atoms with van der Waals surface area (Å²) in [5, 5.41) is 0.329. The van der Waals surface area contributed by atoms with Crippen LogP contribution in [0, 0.1) is 5.82 Å². The summed E-state index contributed by atoms with van der Waals surface area (Å²) in [5.41, 5.74) is 6.59. The average molecular weight is 236 g/mol. The Balaban J connectivity index is 2.68. The van der Waals surface area contributed by atoms with Gasteiger partial charge in [-0.05, 0) is 25.1 Å². The second kappa shape index (κ2) is 4.08. The number of rotatable bonds is 2. The number of benzene rings is 1. The second-order valence-electron chi connectivity index (χ2n) is 3.72. The van der Waals surface area contributed by atoms with Crippen LogP contribution in [0.2, 0.25) is 0 Å². The number of aromatic nitrogens is 1. The van der Waals surface area contributed by atoms with Crippen LogP contribution in [0.4, 0.5) is 10.1 Å². The van der Waals surface area contributed by atoms with Gasteiger partial charge in [0.05, 0.1) is 12.1 Å². The first-order valence-electron chi connectivity index (χ1n) is 5.26. The van der Waals surface area contributed by atoms with Crippen LogP contribution in [0.15, 0.2) is 18.2 Å². The fourth-order valence-electron chi connectivity index (χ4n) is 1.84. The van der Waals surface area contributed by atoms with Crippen molar-refractivity contribution in [2.75, 3.05) is 12.3 Å². The van der Waals surface area contributed by atoms with Gasteiger partial charge in [-0.25, -0.2) is 9.18 Å². The van der Waals surface area contributed by atoms with E-state index < -0.39 is 11.8 Å². The van der Waals surface area contributed by atoms with Crippen molar-refractivity contribution >= 4 is 22.6 Å². The lowest BCUT2D eigenvalue weighted by molar-refractivity contribution is 0.0510. The van der Waals surface area contributed by atoms with Crippen LogP contribution >= 0.6 is 0 Å². The quantitative estimate of drug-likeness (QED) is 0.641. The number of anilines is 1. The molecule has 0 amide bonds. The first-order chi connectivity index (χ1) is 8.06. The molecule has 1 heterocycles. The number of nitrogens with two attached hydrogens (primary N) is 1. The fourth-order valence-corrected chi connectivity index (χ4v) is 1.84. The summed E-state index contributed by atoms with van der Waals surface area (Å²) in [5.74, 6) is -1.25. The van der Waals surface area contributed by atoms with Gasteiger partial charge >= 0.3 is 5.97 Å². The average Bonchev–Trinajstić information content (AvgIpc) is 2.52. The SMILES string of the molecule is CCOC(=O)c1c(F)c2cc(N)ccc2n1C. The maximum atomic E-state index is 14.1. The zero-order chi connectivity index (χ0) is 12.6. The van der Waals surface area contributed by atoms with E-state index in [1.807, 2.05) is 0 Å². The molecule has 1 aromatic heterocycles. The summed E-state index contributed by atoms with van der Waals surface area (Å²) in [6.07, 6.45) is 0. The van der Waals surface area contributed by atoms with E-state index in [1.54, 1.807) is 26.1 Å². The third kappa shape index (κ3) is 1.73. The number of carbonyl (C=O) groups is 1. The first-order valence-corrected chi connectivity index (χ1v) is 5.26. The Morgan fingerprint density at radius 3 is 2.88 bits per heavy atom. The van der Waals surface area contributed by atoms with Gasteiger partial charge in [-0.3, -0.25) is 0 Å². The lowest BCUT2D eigenvalue weighted by Crippen LogP contribution is -2.11. The number of esters is 1. The minimum atomic E-state index is -0.665. The van der Waals surface area contributed by atoms with Crippen LogP contribution in [0.3, 0.4) is 0 Å². The number of hydrogen-bond donors (Lipinski definition) is 1. The molecule has 2 N–H and O–H groups in total. The third-order valence-corrected chi connectivity index (χ3v) is 2.63. The lowest BCUT2D eigenvalue weighted by Gasteiger charge is -2.03. The van der Waals surface area contributed by atoms with Crippen LogP contribution in [0.25, 0.3) is 10.9 Å². The molecule has 0 saturated carbocycles. The molecule has 4 nitrogen and oxygen atoms in total. The predicted octanol–water partition coefficient (Wildman–Crippen LogP) is 2.08. The van der Waals surface area contributed by atoms with E-state index in [2.05, 4.69) is 0 Å². The van der Waals surface area contributed by atoms with E-state index in [0.29, 0.717) is 16.6 Å². The highest BCUT2D eigenvalue weighted by Gasteiger charge is 2.22. The van der Waals surface area contributed by atoms with Crippen LogP contribution in [-0.4, -0.2) is 17.1 Å². The number of halogens is 1. The molecule has 0 radical (unpaired) electrons. The summed E-state index contributed by atoms with van der Waals surface area (Å²) >= 11 is 0. The highest BCUT2D eigenvalue weighted by atomic mass is 19.1. The number of ether oxygens (including phenoxy) is 1. The van der Waals surface area contributed by atoms with Crippen molar-refractivity contribution < 1.29 is 13.9 Å². The highest BCUT2D eigenvalue weighted by Crippen LogP contribution is 2.26. The fraction of sp³-hybridized carbons (Fsp3) is 0.250. The van der Waals surface area contributed by atoms with E-state index in [9.17, 15) is 9.18 Å². The number of nitrogens with zero attached hydrogens (tertiary/aromatic N) is 1. The van der Waals surface area contributed by atoms with E-state index >= 15 is 0 Å². The minimum absolute atomic E-state index is 0.0764. The topological polar surface area (TPSA) is 57.2 Å². The largest absolute Gasteiger partial charge is 0.461 e. The van der Waals surface area contributed by atoms with Crippen molar-refractivity contribution in [3.05, 3.63) is 29.7 Å². The first kappa shape index (κ1) is 11.4.